The van der Waals surface area contributed by atoms with Crippen molar-refractivity contribution in [3.8, 4) is 5.75 Å². The number of aryl methyl sites for hydroxylation is 1. The SMILES string of the molecule is CCc1ccc(CCl)c(OC(C)C(=O)OC)c1. The summed E-state index contributed by atoms with van der Waals surface area (Å²) < 4.78 is 10.2. The zero-order valence-corrected chi connectivity index (χ0v) is 11.1. The number of methoxy groups -OCH3 is 1. The molecule has 4 heteroatoms. The van der Waals surface area contributed by atoms with Gasteiger partial charge in [-0.15, -0.1) is 11.6 Å². The molecular formula is C13H17ClO3. The molecule has 0 saturated heterocycles. The third-order valence-corrected chi connectivity index (χ3v) is 2.81. The monoisotopic (exact) mass is 256 g/mol. The van der Waals surface area contributed by atoms with Crippen molar-refractivity contribution in [3.05, 3.63) is 29.3 Å². The average Bonchev–Trinajstić information content (AvgIpc) is 2.37. The van der Waals surface area contributed by atoms with E-state index in [1.807, 2.05) is 18.2 Å². The van der Waals surface area contributed by atoms with Crippen LogP contribution in [-0.2, 0) is 21.8 Å². The smallest absolute Gasteiger partial charge is 0.346 e. The molecule has 1 atom stereocenters. The fourth-order valence-electron chi connectivity index (χ4n) is 1.44. The zero-order valence-electron chi connectivity index (χ0n) is 10.3. The van der Waals surface area contributed by atoms with E-state index in [0.717, 1.165) is 17.5 Å². The Hall–Kier alpha value is -1.22. The maximum Gasteiger partial charge on any atom is 0.346 e. The third-order valence-electron chi connectivity index (χ3n) is 2.52. The molecule has 0 bridgehead atoms. The second kappa shape index (κ2) is 6.50. The van der Waals surface area contributed by atoms with E-state index in [-0.39, 0.29) is 0 Å². The Morgan fingerprint density at radius 1 is 1.47 bits per heavy atom. The Morgan fingerprint density at radius 3 is 2.71 bits per heavy atom. The Balaban J connectivity index is 2.91. The minimum atomic E-state index is -0.630. The van der Waals surface area contributed by atoms with Gasteiger partial charge in [-0.1, -0.05) is 19.1 Å². The van der Waals surface area contributed by atoms with E-state index in [9.17, 15) is 4.79 Å². The molecule has 0 N–H and O–H groups in total. The lowest BCUT2D eigenvalue weighted by Gasteiger charge is -2.15. The first kappa shape index (κ1) is 13.8. The lowest BCUT2D eigenvalue weighted by molar-refractivity contribution is -0.147. The van der Waals surface area contributed by atoms with E-state index in [4.69, 9.17) is 16.3 Å². The van der Waals surface area contributed by atoms with Gasteiger partial charge in [0.25, 0.3) is 0 Å². The lowest BCUT2D eigenvalue weighted by Crippen LogP contribution is -2.25. The summed E-state index contributed by atoms with van der Waals surface area (Å²) in [5.41, 5.74) is 2.02. The largest absolute Gasteiger partial charge is 0.479 e. The highest BCUT2D eigenvalue weighted by Crippen LogP contribution is 2.24. The van der Waals surface area contributed by atoms with Crippen LogP contribution in [0.3, 0.4) is 0 Å². The van der Waals surface area contributed by atoms with Crippen LogP contribution in [0.2, 0.25) is 0 Å². The first-order chi connectivity index (χ1) is 8.12. The summed E-state index contributed by atoms with van der Waals surface area (Å²) in [7, 11) is 1.34. The first-order valence-electron chi connectivity index (χ1n) is 5.54. The van der Waals surface area contributed by atoms with Gasteiger partial charge in [0.1, 0.15) is 5.75 Å². The summed E-state index contributed by atoms with van der Waals surface area (Å²) in [4.78, 5) is 11.3. The molecule has 17 heavy (non-hydrogen) atoms. The van der Waals surface area contributed by atoms with Gasteiger partial charge >= 0.3 is 5.97 Å². The Labute approximate surface area is 107 Å². The van der Waals surface area contributed by atoms with E-state index in [2.05, 4.69) is 11.7 Å². The highest BCUT2D eigenvalue weighted by Gasteiger charge is 2.16. The Morgan fingerprint density at radius 2 is 2.18 bits per heavy atom. The summed E-state index contributed by atoms with van der Waals surface area (Å²) in [5, 5.41) is 0. The maximum absolute atomic E-state index is 11.3. The number of alkyl halides is 1. The predicted octanol–water partition coefficient (Wildman–Crippen LogP) is 2.93. The van der Waals surface area contributed by atoms with Crippen LogP contribution in [0.25, 0.3) is 0 Å². The number of ether oxygens (including phenoxy) is 2. The number of benzene rings is 1. The maximum atomic E-state index is 11.3. The van der Waals surface area contributed by atoms with Crippen LogP contribution in [0.4, 0.5) is 0 Å². The Kier molecular flexibility index (Phi) is 5.29. The molecule has 0 spiro atoms. The van der Waals surface area contributed by atoms with Gasteiger partial charge in [-0.3, -0.25) is 0 Å². The number of carbonyl (C=O) groups excluding carboxylic acids is 1. The van der Waals surface area contributed by atoms with Gasteiger partial charge in [0, 0.05) is 5.56 Å². The first-order valence-corrected chi connectivity index (χ1v) is 6.08. The van der Waals surface area contributed by atoms with Gasteiger partial charge in [-0.2, -0.15) is 0 Å². The number of carbonyl (C=O) groups is 1. The summed E-state index contributed by atoms with van der Waals surface area (Å²) >= 11 is 5.83. The molecule has 3 nitrogen and oxygen atoms in total. The van der Waals surface area contributed by atoms with Crippen molar-refractivity contribution in [2.24, 2.45) is 0 Å². The van der Waals surface area contributed by atoms with Crippen molar-refractivity contribution in [2.75, 3.05) is 7.11 Å². The average molecular weight is 257 g/mol. The Bertz CT molecular complexity index is 390. The summed E-state index contributed by atoms with van der Waals surface area (Å²) in [6.45, 7) is 3.71. The lowest BCUT2D eigenvalue weighted by atomic mass is 10.1. The molecule has 1 aromatic rings. The van der Waals surface area contributed by atoms with E-state index in [0.29, 0.717) is 11.6 Å². The highest BCUT2D eigenvalue weighted by molar-refractivity contribution is 6.17. The quantitative estimate of drug-likeness (QED) is 0.600. The number of halogens is 1. The van der Waals surface area contributed by atoms with Crippen LogP contribution in [0.15, 0.2) is 18.2 Å². The van der Waals surface area contributed by atoms with Gasteiger partial charge < -0.3 is 9.47 Å². The topological polar surface area (TPSA) is 35.5 Å². The van der Waals surface area contributed by atoms with E-state index in [1.54, 1.807) is 6.92 Å². The molecule has 0 aliphatic heterocycles. The van der Waals surface area contributed by atoms with Crippen LogP contribution in [0.1, 0.15) is 25.0 Å². The van der Waals surface area contributed by atoms with Crippen LogP contribution in [0, 0.1) is 0 Å². The van der Waals surface area contributed by atoms with Crippen LogP contribution < -0.4 is 4.74 Å². The van der Waals surface area contributed by atoms with Crippen molar-refractivity contribution in [2.45, 2.75) is 32.3 Å². The zero-order chi connectivity index (χ0) is 12.8. The standard InChI is InChI=1S/C13H17ClO3/c1-4-10-5-6-11(8-14)12(7-10)17-9(2)13(15)16-3/h5-7,9H,4,8H2,1-3H3. The molecule has 0 saturated carbocycles. The molecule has 94 valence electrons. The normalized spacial score (nSPS) is 12.0. The molecule has 0 radical (unpaired) electrons. The van der Waals surface area contributed by atoms with Gasteiger partial charge in [0.2, 0.25) is 0 Å². The van der Waals surface area contributed by atoms with Gasteiger partial charge in [0.15, 0.2) is 6.10 Å². The molecule has 0 amide bonds. The molecule has 1 aromatic carbocycles. The van der Waals surface area contributed by atoms with Crippen molar-refractivity contribution in [3.63, 3.8) is 0 Å². The van der Waals surface area contributed by atoms with Crippen molar-refractivity contribution in [1.29, 1.82) is 0 Å². The van der Waals surface area contributed by atoms with Crippen LogP contribution >= 0.6 is 11.6 Å². The van der Waals surface area contributed by atoms with Crippen molar-refractivity contribution >= 4 is 17.6 Å². The highest BCUT2D eigenvalue weighted by atomic mass is 35.5. The molecule has 1 unspecified atom stereocenters. The van der Waals surface area contributed by atoms with Gasteiger partial charge in [-0.25, -0.2) is 4.79 Å². The third kappa shape index (κ3) is 3.63. The number of rotatable bonds is 5. The minimum Gasteiger partial charge on any atom is -0.479 e. The molecule has 0 aromatic heterocycles. The fraction of sp³-hybridized carbons (Fsp3) is 0.462. The summed E-state index contributed by atoms with van der Waals surface area (Å²) in [5.74, 6) is 0.609. The number of hydrogen-bond donors (Lipinski definition) is 0. The van der Waals surface area contributed by atoms with Gasteiger partial charge in [-0.05, 0) is 25.0 Å². The second-order valence-corrected chi connectivity index (χ2v) is 3.98. The van der Waals surface area contributed by atoms with E-state index in [1.165, 1.54) is 7.11 Å². The molecule has 0 heterocycles. The second-order valence-electron chi connectivity index (χ2n) is 3.71. The van der Waals surface area contributed by atoms with Gasteiger partial charge in [0.05, 0.1) is 13.0 Å². The molecule has 0 aliphatic carbocycles. The van der Waals surface area contributed by atoms with Crippen LogP contribution in [0.5, 0.6) is 5.75 Å². The van der Waals surface area contributed by atoms with Crippen LogP contribution in [-0.4, -0.2) is 19.2 Å². The summed E-state index contributed by atoms with van der Waals surface area (Å²) in [6, 6.07) is 5.84. The van der Waals surface area contributed by atoms with E-state index >= 15 is 0 Å². The molecule has 0 fully saturated rings. The number of esters is 1. The molecule has 0 aliphatic rings. The number of hydrogen-bond acceptors (Lipinski definition) is 3. The predicted molar refractivity (Wildman–Crippen MR) is 67.5 cm³/mol. The fourth-order valence-corrected chi connectivity index (χ4v) is 1.66. The van der Waals surface area contributed by atoms with Crippen molar-refractivity contribution in [1.82, 2.24) is 0 Å². The van der Waals surface area contributed by atoms with Crippen molar-refractivity contribution < 1.29 is 14.3 Å². The van der Waals surface area contributed by atoms with E-state index < -0.39 is 12.1 Å². The molecule has 1 rings (SSSR count). The molecular weight excluding hydrogens is 240 g/mol. The minimum absolute atomic E-state index is 0.354. The summed E-state index contributed by atoms with van der Waals surface area (Å²) in [6.07, 6.45) is 0.278.